The molecule has 1 atom stereocenters. The number of benzene rings is 1. The highest BCUT2D eigenvalue weighted by Gasteiger charge is 2.05. The molecule has 2 rings (SSSR count). The third kappa shape index (κ3) is 1.83. The Morgan fingerprint density at radius 3 is 2.50 bits per heavy atom. The topological polar surface area (TPSA) is 4.93 Å². The maximum atomic E-state index is 5.94. The fraction of sp³-hybridized carbons (Fsp3) is 0.167. The Morgan fingerprint density at radius 2 is 1.86 bits per heavy atom. The molecule has 14 heavy (non-hydrogen) atoms. The Hall–Kier alpha value is -1.21. The molecule has 0 saturated carbocycles. The lowest BCUT2D eigenvalue weighted by molar-refractivity contribution is 0.643. The van der Waals surface area contributed by atoms with E-state index < -0.39 is 0 Å². The largest absolute Gasteiger partial charge is 0.347 e. The summed E-state index contributed by atoms with van der Waals surface area (Å²) in [5.74, 6) is 0. The summed E-state index contributed by atoms with van der Waals surface area (Å²) in [4.78, 5) is 0. The van der Waals surface area contributed by atoms with E-state index in [2.05, 4.69) is 30.0 Å². The predicted octanol–water partition coefficient (Wildman–Crippen LogP) is 3.75. The second-order valence-electron chi connectivity index (χ2n) is 3.36. The molecular formula is C12H12ClN. The normalized spacial score (nSPS) is 12.7. The first-order valence-corrected chi connectivity index (χ1v) is 5.03. The Balaban J connectivity index is 2.32. The van der Waals surface area contributed by atoms with Gasteiger partial charge in [-0.2, -0.15) is 0 Å². The first-order chi connectivity index (χ1) is 6.77. The molecule has 1 heterocycles. The highest BCUT2D eigenvalue weighted by Crippen LogP contribution is 2.20. The second kappa shape index (κ2) is 3.89. The highest BCUT2D eigenvalue weighted by atomic mass is 35.5. The van der Waals surface area contributed by atoms with E-state index in [0.29, 0.717) is 6.04 Å². The van der Waals surface area contributed by atoms with Gasteiger partial charge in [-0.3, -0.25) is 0 Å². The van der Waals surface area contributed by atoms with Gasteiger partial charge in [-0.25, -0.2) is 0 Å². The smallest absolute Gasteiger partial charge is 0.0552 e. The van der Waals surface area contributed by atoms with Crippen molar-refractivity contribution in [1.29, 1.82) is 0 Å². The summed E-state index contributed by atoms with van der Waals surface area (Å²) in [6.45, 7) is 2.16. The summed E-state index contributed by atoms with van der Waals surface area (Å²) in [5, 5.41) is 0.793. The molecule has 2 aromatic rings. The summed E-state index contributed by atoms with van der Waals surface area (Å²) in [7, 11) is 0. The van der Waals surface area contributed by atoms with Crippen molar-refractivity contribution in [2.24, 2.45) is 0 Å². The average Bonchev–Trinajstić information content (AvgIpc) is 2.69. The Kier molecular flexibility index (Phi) is 2.60. The van der Waals surface area contributed by atoms with Crippen LogP contribution in [-0.4, -0.2) is 4.57 Å². The lowest BCUT2D eigenvalue weighted by Crippen LogP contribution is -2.03. The van der Waals surface area contributed by atoms with Crippen LogP contribution in [0.15, 0.2) is 48.8 Å². The molecule has 1 unspecified atom stereocenters. The minimum absolute atomic E-state index is 0.337. The molecule has 0 aliphatic rings. The molecule has 0 N–H and O–H groups in total. The number of halogens is 1. The molecule has 0 fully saturated rings. The molecule has 72 valence electrons. The van der Waals surface area contributed by atoms with Gasteiger partial charge in [0, 0.05) is 17.4 Å². The van der Waals surface area contributed by atoms with Gasteiger partial charge in [0.2, 0.25) is 0 Å². The van der Waals surface area contributed by atoms with Crippen molar-refractivity contribution in [3.05, 3.63) is 59.4 Å². The molecule has 0 aliphatic heterocycles. The van der Waals surface area contributed by atoms with Crippen molar-refractivity contribution >= 4 is 11.6 Å². The fourth-order valence-corrected chi connectivity index (χ4v) is 1.74. The van der Waals surface area contributed by atoms with E-state index in [1.54, 1.807) is 0 Å². The molecule has 0 saturated heterocycles. The SMILES string of the molecule is CC(c1cccc(Cl)c1)n1cccc1. The van der Waals surface area contributed by atoms with Gasteiger partial charge in [-0.1, -0.05) is 23.7 Å². The lowest BCUT2D eigenvalue weighted by Gasteiger charge is -2.14. The van der Waals surface area contributed by atoms with Gasteiger partial charge in [0.25, 0.3) is 0 Å². The van der Waals surface area contributed by atoms with Gasteiger partial charge in [0.1, 0.15) is 0 Å². The van der Waals surface area contributed by atoms with E-state index in [4.69, 9.17) is 11.6 Å². The first-order valence-electron chi connectivity index (χ1n) is 4.65. The van der Waals surface area contributed by atoms with E-state index in [0.717, 1.165) is 5.02 Å². The van der Waals surface area contributed by atoms with E-state index >= 15 is 0 Å². The highest BCUT2D eigenvalue weighted by molar-refractivity contribution is 6.30. The third-order valence-electron chi connectivity index (χ3n) is 2.41. The average molecular weight is 206 g/mol. The van der Waals surface area contributed by atoms with Crippen molar-refractivity contribution in [3.8, 4) is 0 Å². The summed E-state index contributed by atoms with van der Waals surface area (Å²) in [5.41, 5.74) is 1.23. The number of hydrogen-bond acceptors (Lipinski definition) is 0. The van der Waals surface area contributed by atoms with Crippen molar-refractivity contribution < 1.29 is 0 Å². The second-order valence-corrected chi connectivity index (χ2v) is 3.80. The van der Waals surface area contributed by atoms with Crippen LogP contribution < -0.4 is 0 Å². The van der Waals surface area contributed by atoms with E-state index in [9.17, 15) is 0 Å². The molecule has 0 bridgehead atoms. The quantitative estimate of drug-likeness (QED) is 0.704. The summed E-state index contributed by atoms with van der Waals surface area (Å²) in [6, 6.07) is 12.4. The Bertz CT molecular complexity index is 406. The Labute approximate surface area is 88.9 Å². The van der Waals surface area contributed by atoms with Gasteiger partial charge in [0.15, 0.2) is 0 Å². The number of aromatic nitrogens is 1. The fourth-order valence-electron chi connectivity index (χ4n) is 1.54. The van der Waals surface area contributed by atoms with Crippen molar-refractivity contribution in [2.75, 3.05) is 0 Å². The van der Waals surface area contributed by atoms with Crippen molar-refractivity contribution in [1.82, 2.24) is 4.57 Å². The zero-order chi connectivity index (χ0) is 9.97. The van der Waals surface area contributed by atoms with Gasteiger partial charge >= 0.3 is 0 Å². The maximum absolute atomic E-state index is 5.94. The predicted molar refractivity (Wildman–Crippen MR) is 59.7 cm³/mol. The first kappa shape index (κ1) is 9.35. The molecule has 0 amide bonds. The van der Waals surface area contributed by atoms with Gasteiger partial charge in [-0.05, 0) is 36.8 Å². The molecule has 1 aromatic carbocycles. The maximum Gasteiger partial charge on any atom is 0.0552 e. The van der Waals surface area contributed by atoms with E-state index in [1.807, 2.05) is 30.3 Å². The van der Waals surface area contributed by atoms with E-state index in [-0.39, 0.29) is 0 Å². The molecule has 2 heteroatoms. The van der Waals surface area contributed by atoms with Crippen LogP contribution >= 0.6 is 11.6 Å². The zero-order valence-electron chi connectivity index (χ0n) is 8.02. The van der Waals surface area contributed by atoms with Gasteiger partial charge in [-0.15, -0.1) is 0 Å². The molecule has 0 spiro atoms. The van der Waals surface area contributed by atoms with Crippen LogP contribution in [0.25, 0.3) is 0 Å². The van der Waals surface area contributed by atoms with E-state index in [1.165, 1.54) is 5.56 Å². The zero-order valence-corrected chi connectivity index (χ0v) is 8.78. The lowest BCUT2D eigenvalue weighted by atomic mass is 10.1. The number of nitrogens with zero attached hydrogens (tertiary/aromatic N) is 1. The standard InChI is InChI=1S/C12H12ClN/c1-10(14-7-2-3-8-14)11-5-4-6-12(13)9-11/h2-10H,1H3. The summed E-state index contributed by atoms with van der Waals surface area (Å²) >= 11 is 5.94. The van der Waals surface area contributed by atoms with Crippen LogP contribution in [0, 0.1) is 0 Å². The van der Waals surface area contributed by atoms with Crippen molar-refractivity contribution in [3.63, 3.8) is 0 Å². The summed E-state index contributed by atoms with van der Waals surface area (Å²) < 4.78 is 2.16. The Morgan fingerprint density at radius 1 is 1.14 bits per heavy atom. The molecule has 1 nitrogen and oxygen atoms in total. The van der Waals surface area contributed by atoms with Gasteiger partial charge in [0.05, 0.1) is 6.04 Å². The van der Waals surface area contributed by atoms with Crippen LogP contribution in [-0.2, 0) is 0 Å². The van der Waals surface area contributed by atoms with Crippen LogP contribution in [0.2, 0.25) is 5.02 Å². The number of rotatable bonds is 2. The molecular weight excluding hydrogens is 194 g/mol. The summed E-state index contributed by atoms with van der Waals surface area (Å²) in [6.07, 6.45) is 4.12. The molecule has 0 radical (unpaired) electrons. The third-order valence-corrected chi connectivity index (χ3v) is 2.64. The van der Waals surface area contributed by atoms with Crippen LogP contribution in [0.1, 0.15) is 18.5 Å². The van der Waals surface area contributed by atoms with Crippen LogP contribution in [0.4, 0.5) is 0 Å². The molecule has 0 aliphatic carbocycles. The number of hydrogen-bond donors (Lipinski definition) is 0. The van der Waals surface area contributed by atoms with Crippen LogP contribution in [0.5, 0.6) is 0 Å². The van der Waals surface area contributed by atoms with Crippen LogP contribution in [0.3, 0.4) is 0 Å². The van der Waals surface area contributed by atoms with Gasteiger partial charge < -0.3 is 4.57 Å². The minimum Gasteiger partial charge on any atom is -0.347 e. The molecule has 1 aromatic heterocycles. The van der Waals surface area contributed by atoms with Crippen molar-refractivity contribution in [2.45, 2.75) is 13.0 Å². The monoisotopic (exact) mass is 205 g/mol. The minimum atomic E-state index is 0.337.